The highest BCUT2D eigenvalue weighted by molar-refractivity contribution is 5.83. The lowest BCUT2D eigenvalue weighted by Gasteiger charge is -2.06. The van der Waals surface area contributed by atoms with E-state index in [1.54, 1.807) is 0 Å². The fourth-order valence-corrected chi connectivity index (χ4v) is 2.01. The lowest BCUT2D eigenvalue weighted by Crippen LogP contribution is -2.29. The maximum Gasteiger partial charge on any atom is 0.150 e. The second-order valence-corrected chi connectivity index (χ2v) is 5.01. The molecule has 0 aromatic carbocycles. The molecule has 18 heavy (non-hydrogen) atoms. The van der Waals surface area contributed by atoms with Crippen LogP contribution in [-0.4, -0.2) is 11.8 Å². The predicted molar refractivity (Wildman–Crippen MR) is 75.1 cm³/mol. The summed E-state index contributed by atoms with van der Waals surface area (Å²) in [7, 11) is 0. The van der Waals surface area contributed by atoms with E-state index in [4.69, 9.17) is 11.0 Å². The fraction of sp³-hybridized carbons (Fsp3) is 0.867. The van der Waals surface area contributed by atoms with Crippen LogP contribution in [0.4, 0.5) is 0 Å². The van der Waals surface area contributed by atoms with Gasteiger partial charge in [-0.15, -0.1) is 0 Å². The van der Waals surface area contributed by atoms with Gasteiger partial charge in [0.25, 0.3) is 0 Å². The van der Waals surface area contributed by atoms with Crippen LogP contribution in [-0.2, 0) is 4.79 Å². The molecule has 1 atom stereocenters. The van der Waals surface area contributed by atoms with Gasteiger partial charge in [0.2, 0.25) is 0 Å². The summed E-state index contributed by atoms with van der Waals surface area (Å²) < 4.78 is 0. The molecule has 0 aromatic rings. The third-order valence-corrected chi connectivity index (χ3v) is 3.25. The summed E-state index contributed by atoms with van der Waals surface area (Å²) in [6, 6.07) is 1.37. The maximum atomic E-state index is 11.5. The molecule has 0 spiro atoms. The number of Topliss-reactive ketones (excluding diaryl/α,β-unsaturated/α-hetero) is 1. The van der Waals surface area contributed by atoms with E-state index in [0.29, 0.717) is 6.42 Å². The van der Waals surface area contributed by atoms with E-state index in [-0.39, 0.29) is 12.2 Å². The van der Waals surface area contributed by atoms with Gasteiger partial charge in [0.05, 0.1) is 18.5 Å². The van der Waals surface area contributed by atoms with Crippen LogP contribution in [0.2, 0.25) is 0 Å². The normalized spacial score (nSPS) is 12.1. The van der Waals surface area contributed by atoms with Gasteiger partial charge in [-0.3, -0.25) is 4.79 Å². The van der Waals surface area contributed by atoms with Crippen LogP contribution >= 0.6 is 0 Å². The van der Waals surface area contributed by atoms with Gasteiger partial charge in [-0.05, 0) is 6.42 Å². The third-order valence-electron chi connectivity index (χ3n) is 3.25. The molecule has 0 aliphatic heterocycles. The number of carbonyl (C=O) groups is 1. The number of nitrogens with zero attached hydrogens (tertiary/aromatic N) is 1. The summed E-state index contributed by atoms with van der Waals surface area (Å²) in [5, 5.41) is 8.43. The average molecular weight is 252 g/mol. The molecule has 0 aliphatic carbocycles. The van der Waals surface area contributed by atoms with Crippen molar-refractivity contribution in [2.75, 3.05) is 0 Å². The topological polar surface area (TPSA) is 66.9 Å². The van der Waals surface area contributed by atoms with Gasteiger partial charge in [-0.25, -0.2) is 0 Å². The Kier molecular flexibility index (Phi) is 12.0. The lowest BCUT2D eigenvalue weighted by molar-refractivity contribution is -0.120. The van der Waals surface area contributed by atoms with Gasteiger partial charge in [0.15, 0.2) is 5.78 Å². The molecule has 0 aliphatic rings. The highest BCUT2D eigenvalue weighted by Gasteiger charge is 2.11. The molecular formula is C15H28N2O. The van der Waals surface area contributed by atoms with E-state index in [1.807, 2.05) is 6.07 Å². The van der Waals surface area contributed by atoms with Gasteiger partial charge < -0.3 is 5.73 Å². The second kappa shape index (κ2) is 12.6. The van der Waals surface area contributed by atoms with E-state index in [0.717, 1.165) is 12.8 Å². The Morgan fingerprint density at radius 1 is 1.06 bits per heavy atom. The molecule has 0 heterocycles. The monoisotopic (exact) mass is 252 g/mol. The summed E-state index contributed by atoms with van der Waals surface area (Å²) in [6.07, 6.45) is 11.9. The van der Waals surface area contributed by atoms with Gasteiger partial charge in [0, 0.05) is 6.42 Å². The molecule has 1 unspecified atom stereocenters. The molecule has 2 N–H and O–H groups in total. The highest BCUT2D eigenvalue weighted by atomic mass is 16.1. The number of unbranched alkanes of at least 4 members (excludes halogenated alkanes) is 8. The van der Waals surface area contributed by atoms with Crippen LogP contribution in [0, 0.1) is 11.3 Å². The Morgan fingerprint density at radius 3 is 2.06 bits per heavy atom. The zero-order valence-corrected chi connectivity index (χ0v) is 11.8. The van der Waals surface area contributed by atoms with Crippen LogP contribution < -0.4 is 5.73 Å². The molecule has 0 amide bonds. The number of hydrogen-bond acceptors (Lipinski definition) is 3. The van der Waals surface area contributed by atoms with E-state index in [2.05, 4.69) is 6.92 Å². The van der Waals surface area contributed by atoms with Gasteiger partial charge >= 0.3 is 0 Å². The van der Waals surface area contributed by atoms with Crippen LogP contribution in [0.25, 0.3) is 0 Å². The Labute approximate surface area is 112 Å². The first-order chi connectivity index (χ1) is 8.72. The van der Waals surface area contributed by atoms with E-state index in [9.17, 15) is 4.79 Å². The van der Waals surface area contributed by atoms with Crippen molar-refractivity contribution in [2.24, 2.45) is 5.73 Å². The Morgan fingerprint density at radius 2 is 1.56 bits per heavy atom. The number of carbonyl (C=O) groups excluding carboxylic acids is 1. The minimum absolute atomic E-state index is 0.0412. The van der Waals surface area contributed by atoms with Crippen molar-refractivity contribution < 1.29 is 4.79 Å². The molecule has 3 nitrogen and oxygen atoms in total. The largest absolute Gasteiger partial charge is 0.321 e. The molecule has 0 saturated heterocycles. The first-order valence-corrected chi connectivity index (χ1v) is 7.37. The minimum atomic E-state index is -0.566. The quantitative estimate of drug-likeness (QED) is 0.538. The molecule has 0 rings (SSSR count). The molecule has 0 aromatic heterocycles. The summed E-state index contributed by atoms with van der Waals surface area (Å²) in [5.74, 6) is 0.0412. The maximum absolute atomic E-state index is 11.5. The molecule has 0 radical (unpaired) electrons. The van der Waals surface area contributed by atoms with Crippen molar-refractivity contribution in [1.82, 2.24) is 0 Å². The van der Waals surface area contributed by atoms with Crippen molar-refractivity contribution in [3.05, 3.63) is 0 Å². The molecule has 0 fully saturated rings. The number of ketones is 1. The Hall–Kier alpha value is -0.880. The summed E-state index contributed by atoms with van der Waals surface area (Å²) >= 11 is 0. The van der Waals surface area contributed by atoms with Gasteiger partial charge in [-0.1, -0.05) is 58.3 Å². The molecular weight excluding hydrogens is 224 g/mol. The SMILES string of the molecule is CCCCCCCCCCCC(=O)C(N)CC#N. The number of nitrogens with two attached hydrogens (primary N) is 1. The lowest BCUT2D eigenvalue weighted by atomic mass is 10.0. The van der Waals surface area contributed by atoms with Crippen molar-refractivity contribution >= 4 is 5.78 Å². The zero-order valence-electron chi connectivity index (χ0n) is 11.8. The smallest absolute Gasteiger partial charge is 0.150 e. The van der Waals surface area contributed by atoms with Crippen LogP contribution in [0.5, 0.6) is 0 Å². The van der Waals surface area contributed by atoms with Crippen molar-refractivity contribution in [1.29, 1.82) is 5.26 Å². The van der Waals surface area contributed by atoms with Crippen molar-refractivity contribution in [3.8, 4) is 6.07 Å². The first kappa shape index (κ1) is 17.1. The molecule has 104 valence electrons. The van der Waals surface area contributed by atoms with Crippen LogP contribution in [0.1, 0.15) is 77.6 Å². The molecule has 0 saturated carbocycles. The van der Waals surface area contributed by atoms with Crippen LogP contribution in [0.15, 0.2) is 0 Å². The van der Waals surface area contributed by atoms with Crippen molar-refractivity contribution in [3.63, 3.8) is 0 Å². The van der Waals surface area contributed by atoms with Crippen molar-refractivity contribution in [2.45, 2.75) is 83.6 Å². The minimum Gasteiger partial charge on any atom is -0.321 e. The molecule has 0 bridgehead atoms. The van der Waals surface area contributed by atoms with Crippen LogP contribution in [0.3, 0.4) is 0 Å². The van der Waals surface area contributed by atoms with E-state index < -0.39 is 6.04 Å². The summed E-state index contributed by atoms with van der Waals surface area (Å²) in [5.41, 5.74) is 5.56. The first-order valence-electron chi connectivity index (χ1n) is 7.37. The standard InChI is InChI=1S/C15H28N2O/c1-2-3-4-5-6-7-8-9-10-11-15(18)14(17)12-13-16/h14H,2-12,17H2,1H3. The Balaban J connectivity index is 3.25. The number of hydrogen-bond donors (Lipinski definition) is 1. The highest BCUT2D eigenvalue weighted by Crippen LogP contribution is 2.11. The zero-order chi connectivity index (χ0) is 13.6. The molecule has 3 heteroatoms. The van der Waals surface area contributed by atoms with Gasteiger partial charge in [0.1, 0.15) is 0 Å². The number of nitriles is 1. The Bertz CT molecular complexity index is 245. The van der Waals surface area contributed by atoms with E-state index >= 15 is 0 Å². The van der Waals surface area contributed by atoms with Gasteiger partial charge in [-0.2, -0.15) is 5.26 Å². The fourth-order valence-electron chi connectivity index (χ4n) is 2.01. The average Bonchev–Trinajstić information content (AvgIpc) is 2.36. The third kappa shape index (κ3) is 10.3. The summed E-state index contributed by atoms with van der Waals surface area (Å²) in [6.45, 7) is 2.23. The summed E-state index contributed by atoms with van der Waals surface area (Å²) in [4.78, 5) is 11.5. The van der Waals surface area contributed by atoms with E-state index in [1.165, 1.54) is 44.9 Å². The second-order valence-electron chi connectivity index (χ2n) is 5.01. The predicted octanol–water partition coefficient (Wildman–Crippen LogP) is 3.72. The number of rotatable bonds is 12.